The van der Waals surface area contributed by atoms with E-state index in [1.54, 1.807) is 6.33 Å². The number of aryl methyl sites for hydroxylation is 1. The van der Waals surface area contributed by atoms with Gasteiger partial charge in [0.15, 0.2) is 0 Å². The van der Waals surface area contributed by atoms with Crippen LogP contribution in [-0.2, 0) is 18.6 Å². The Bertz CT molecular complexity index is 842. The van der Waals surface area contributed by atoms with Gasteiger partial charge in [-0.05, 0) is 48.4 Å². The Morgan fingerprint density at radius 3 is 2.91 bits per heavy atom. The fourth-order valence-electron chi connectivity index (χ4n) is 3.09. The van der Waals surface area contributed by atoms with E-state index in [0.717, 1.165) is 26.0 Å². The molecule has 3 aromatic rings. The van der Waals surface area contributed by atoms with Crippen LogP contribution in [0.15, 0.2) is 40.1 Å². The first-order chi connectivity index (χ1) is 11.2. The topological polar surface area (TPSA) is 25.8 Å². The van der Waals surface area contributed by atoms with E-state index in [9.17, 15) is 0 Å². The van der Waals surface area contributed by atoms with E-state index in [0.29, 0.717) is 0 Å². The maximum Gasteiger partial charge on any atom is 0.128 e. The molecule has 0 saturated heterocycles. The van der Waals surface area contributed by atoms with Gasteiger partial charge in [-0.25, -0.2) is 9.97 Å². The summed E-state index contributed by atoms with van der Waals surface area (Å²) in [5.74, 6) is 1.74. The Balaban J connectivity index is 1.66. The van der Waals surface area contributed by atoms with Gasteiger partial charge < -0.3 is 0 Å². The number of hydrogen-bond donors (Lipinski definition) is 0. The number of thiophene rings is 1. The average molecular weight is 405 g/mol. The summed E-state index contributed by atoms with van der Waals surface area (Å²) in [4.78, 5) is 11.8. The normalized spacial score (nSPS) is 17.4. The molecule has 0 saturated carbocycles. The van der Waals surface area contributed by atoms with Crippen molar-refractivity contribution in [1.29, 1.82) is 0 Å². The summed E-state index contributed by atoms with van der Waals surface area (Å²) in [5.41, 5.74) is 2.84. The van der Waals surface area contributed by atoms with E-state index in [1.807, 2.05) is 23.1 Å². The Hall–Kier alpha value is -0.910. The van der Waals surface area contributed by atoms with Gasteiger partial charge in [0.1, 0.15) is 16.2 Å². The molecule has 2 nitrogen and oxygen atoms in total. The lowest BCUT2D eigenvalue weighted by Gasteiger charge is -2.18. The van der Waals surface area contributed by atoms with Crippen molar-refractivity contribution in [2.45, 2.75) is 37.0 Å². The van der Waals surface area contributed by atoms with Crippen LogP contribution in [0.2, 0.25) is 0 Å². The van der Waals surface area contributed by atoms with Gasteiger partial charge in [0, 0.05) is 20.5 Å². The highest BCUT2D eigenvalue weighted by Crippen LogP contribution is 2.41. The van der Waals surface area contributed by atoms with E-state index in [4.69, 9.17) is 0 Å². The van der Waals surface area contributed by atoms with Gasteiger partial charge in [-0.1, -0.05) is 35.0 Å². The molecule has 0 radical (unpaired) electrons. The maximum atomic E-state index is 4.59. The second kappa shape index (κ2) is 6.54. The van der Waals surface area contributed by atoms with Gasteiger partial charge in [-0.15, -0.1) is 23.1 Å². The number of halogens is 1. The SMILES string of the molecule is CC1CCc2c(sc3ncnc(SCc4ccc(Br)cc4)c23)C1. The van der Waals surface area contributed by atoms with Gasteiger partial charge in [0.05, 0.1) is 0 Å². The zero-order valence-corrected chi connectivity index (χ0v) is 16.1. The maximum absolute atomic E-state index is 4.59. The third-order valence-electron chi connectivity index (χ3n) is 4.35. The molecule has 1 aromatic carbocycles. The predicted octanol–water partition coefficient (Wildman–Crippen LogP) is 5.87. The summed E-state index contributed by atoms with van der Waals surface area (Å²) in [5, 5.41) is 2.46. The fourth-order valence-corrected chi connectivity index (χ4v) is 5.75. The van der Waals surface area contributed by atoms with Crippen LogP contribution in [0.25, 0.3) is 10.2 Å². The minimum atomic E-state index is 0.794. The summed E-state index contributed by atoms with van der Waals surface area (Å²) in [6.45, 7) is 2.35. The number of hydrogen-bond acceptors (Lipinski definition) is 4. The summed E-state index contributed by atoms with van der Waals surface area (Å²) in [6, 6.07) is 8.53. The smallest absolute Gasteiger partial charge is 0.128 e. The van der Waals surface area contributed by atoms with Crippen LogP contribution in [-0.4, -0.2) is 9.97 Å². The number of rotatable bonds is 3. The highest BCUT2D eigenvalue weighted by atomic mass is 79.9. The summed E-state index contributed by atoms with van der Waals surface area (Å²) >= 11 is 7.19. The molecule has 0 spiro atoms. The fraction of sp³-hybridized carbons (Fsp3) is 0.333. The summed E-state index contributed by atoms with van der Waals surface area (Å²) < 4.78 is 1.12. The van der Waals surface area contributed by atoms with Crippen molar-refractivity contribution < 1.29 is 0 Å². The van der Waals surface area contributed by atoms with Gasteiger partial charge in [-0.2, -0.15) is 0 Å². The average Bonchev–Trinajstić information content (AvgIpc) is 2.92. The lowest BCUT2D eigenvalue weighted by molar-refractivity contribution is 0.509. The zero-order chi connectivity index (χ0) is 15.8. The third-order valence-corrected chi connectivity index (χ3v) is 7.10. The van der Waals surface area contributed by atoms with Gasteiger partial charge in [0.25, 0.3) is 0 Å². The first-order valence-electron chi connectivity index (χ1n) is 7.83. The second-order valence-corrected chi connectivity index (χ2v) is 9.09. The Morgan fingerprint density at radius 2 is 2.09 bits per heavy atom. The Labute approximate surface area is 152 Å². The molecule has 23 heavy (non-hydrogen) atoms. The van der Waals surface area contributed by atoms with Gasteiger partial charge in [0.2, 0.25) is 0 Å². The number of benzene rings is 1. The summed E-state index contributed by atoms with van der Waals surface area (Å²) in [7, 11) is 0. The molecule has 1 unspecified atom stereocenters. The molecule has 118 valence electrons. The van der Waals surface area contributed by atoms with Crippen molar-refractivity contribution in [3.63, 3.8) is 0 Å². The molecule has 2 aromatic heterocycles. The molecule has 0 fully saturated rings. The highest BCUT2D eigenvalue weighted by Gasteiger charge is 2.23. The molecule has 2 heterocycles. The molecular formula is C18H17BrN2S2. The monoisotopic (exact) mass is 404 g/mol. The molecule has 5 heteroatoms. The lowest BCUT2D eigenvalue weighted by Crippen LogP contribution is -2.08. The number of aromatic nitrogens is 2. The van der Waals surface area contributed by atoms with Gasteiger partial charge in [-0.3, -0.25) is 0 Å². The molecular weight excluding hydrogens is 388 g/mol. The van der Waals surface area contributed by atoms with Crippen LogP contribution in [0.1, 0.15) is 29.3 Å². The van der Waals surface area contributed by atoms with Crippen molar-refractivity contribution in [2.24, 2.45) is 5.92 Å². The standard InChI is InChI=1S/C18H17BrN2S2/c1-11-2-7-14-15(8-11)23-18-16(14)17(20-10-21-18)22-9-12-3-5-13(19)6-4-12/h3-6,10-11H,2,7-9H2,1H3. The van der Waals surface area contributed by atoms with Gasteiger partial charge >= 0.3 is 0 Å². The molecule has 4 rings (SSSR count). The Kier molecular flexibility index (Phi) is 4.43. The van der Waals surface area contributed by atoms with Crippen molar-refractivity contribution in [2.75, 3.05) is 0 Å². The molecule has 0 N–H and O–H groups in total. The minimum Gasteiger partial charge on any atom is -0.229 e. The van der Waals surface area contributed by atoms with E-state index >= 15 is 0 Å². The van der Waals surface area contributed by atoms with Crippen LogP contribution in [0, 0.1) is 5.92 Å². The lowest BCUT2D eigenvalue weighted by atomic mass is 9.89. The van der Waals surface area contributed by atoms with E-state index < -0.39 is 0 Å². The Morgan fingerprint density at radius 1 is 1.26 bits per heavy atom. The molecule has 1 atom stereocenters. The van der Waals surface area contributed by atoms with Crippen LogP contribution < -0.4 is 0 Å². The molecule has 0 amide bonds. The molecule has 1 aliphatic rings. The van der Waals surface area contributed by atoms with Crippen LogP contribution in [0.5, 0.6) is 0 Å². The van der Waals surface area contributed by atoms with Crippen LogP contribution in [0.3, 0.4) is 0 Å². The molecule has 0 bridgehead atoms. The van der Waals surface area contributed by atoms with Crippen molar-refractivity contribution in [3.05, 3.63) is 51.1 Å². The first-order valence-corrected chi connectivity index (χ1v) is 10.4. The van der Waals surface area contributed by atoms with Crippen LogP contribution in [0.4, 0.5) is 0 Å². The minimum absolute atomic E-state index is 0.794. The quantitative estimate of drug-likeness (QED) is 0.403. The number of fused-ring (bicyclic) bond motifs is 3. The summed E-state index contributed by atoms with van der Waals surface area (Å²) in [6.07, 6.45) is 5.38. The van der Waals surface area contributed by atoms with E-state index in [2.05, 4.69) is 57.1 Å². The van der Waals surface area contributed by atoms with Crippen molar-refractivity contribution in [1.82, 2.24) is 9.97 Å². The van der Waals surface area contributed by atoms with E-state index in [1.165, 1.54) is 40.7 Å². The van der Waals surface area contributed by atoms with E-state index in [-0.39, 0.29) is 0 Å². The largest absolute Gasteiger partial charge is 0.229 e. The predicted molar refractivity (Wildman–Crippen MR) is 102 cm³/mol. The third kappa shape index (κ3) is 3.19. The number of thioether (sulfide) groups is 1. The van der Waals surface area contributed by atoms with Crippen molar-refractivity contribution >= 4 is 49.2 Å². The van der Waals surface area contributed by atoms with Crippen molar-refractivity contribution in [3.8, 4) is 0 Å². The van der Waals surface area contributed by atoms with Crippen LogP contribution >= 0.6 is 39.0 Å². The molecule has 0 aliphatic heterocycles. The second-order valence-electron chi connectivity index (χ2n) is 6.13. The highest BCUT2D eigenvalue weighted by molar-refractivity contribution is 9.10. The zero-order valence-electron chi connectivity index (χ0n) is 12.9. The first kappa shape index (κ1) is 15.6. The molecule has 1 aliphatic carbocycles. The number of nitrogens with zero attached hydrogens (tertiary/aromatic N) is 2.